The lowest BCUT2D eigenvalue weighted by atomic mass is 10.2. The minimum Gasteiger partial charge on any atom is -0.489 e. The molecular formula is C22H17F4N3O2. The van der Waals surface area contributed by atoms with Gasteiger partial charge in [0.15, 0.2) is 0 Å². The number of nitrogens with zero attached hydrogens (tertiary/aromatic N) is 2. The monoisotopic (exact) mass is 431 g/mol. The van der Waals surface area contributed by atoms with Crippen molar-refractivity contribution < 1.29 is 22.3 Å². The number of pyridine rings is 1. The number of imidazole rings is 1. The fraction of sp³-hybridized carbons (Fsp3) is 0.182. The molecule has 0 atom stereocenters. The number of aryl methyl sites for hydroxylation is 1. The van der Waals surface area contributed by atoms with Gasteiger partial charge in [0, 0.05) is 18.7 Å². The fourth-order valence-electron chi connectivity index (χ4n) is 3.09. The highest BCUT2D eigenvalue weighted by molar-refractivity contribution is 5.77. The molecule has 0 unspecified atom stereocenters. The number of nitrogens with one attached hydrogen (secondary N) is 1. The van der Waals surface area contributed by atoms with E-state index in [0.29, 0.717) is 22.5 Å². The van der Waals surface area contributed by atoms with Crippen LogP contribution in [0.15, 0.2) is 65.6 Å². The topological polar surface area (TPSA) is 59.9 Å². The first-order chi connectivity index (χ1) is 14.8. The quantitative estimate of drug-likeness (QED) is 0.441. The highest BCUT2D eigenvalue weighted by atomic mass is 19.4. The Morgan fingerprint density at radius 1 is 1.03 bits per heavy atom. The lowest BCUT2D eigenvalue weighted by molar-refractivity contribution is -0.134. The molecule has 0 aliphatic heterocycles. The minimum absolute atomic E-state index is 0.185. The molecule has 1 N–H and O–H groups in total. The van der Waals surface area contributed by atoms with E-state index >= 15 is 0 Å². The second-order valence-corrected chi connectivity index (χ2v) is 6.99. The standard InChI is InChI=1S/C22H17F4N3O2/c23-15-3-1-14(2-4-15)13-31-17-8-10-29(21(30)12-17)16-5-6-18-19(11-16)28-20(27-18)7-9-22(24,25)26/h1-6,8,10-12H,7,9,13H2,(H,27,28). The SMILES string of the molecule is O=c1cc(OCc2ccc(F)cc2)ccn1-c1ccc2nc(CCC(F)(F)F)[nH]c2c1. The van der Waals surface area contributed by atoms with E-state index in [4.69, 9.17) is 4.74 Å². The van der Waals surface area contributed by atoms with Crippen molar-refractivity contribution in [2.45, 2.75) is 25.6 Å². The van der Waals surface area contributed by atoms with Gasteiger partial charge < -0.3 is 9.72 Å². The number of halogens is 4. The summed E-state index contributed by atoms with van der Waals surface area (Å²) < 4.78 is 57.2. The van der Waals surface area contributed by atoms with Crippen molar-refractivity contribution >= 4 is 11.0 Å². The van der Waals surface area contributed by atoms with Crippen LogP contribution in [0.5, 0.6) is 5.75 Å². The molecule has 2 aromatic carbocycles. The van der Waals surface area contributed by atoms with Crippen LogP contribution in [-0.4, -0.2) is 20.7 Å². The molecule has 5 nitrogen and oxygen atoms in total. The highest BCUT2D eigenvalue weighted by Crippen LogP contribution is 2.23. The number of alkyl halides is 3. The maximum absolute atomic E-state index is 13.0. The molecule has 2 heterocycles. The molecule has 0 spiro atoms. The van der Waals surface area contributed by atoms with Crippen LogP contribution in [0.2, 0.25) is 0 Å². The Bertz CT molecular complexity index is 1260. The number of fused-ring (bicyclic) bond motifs is 1. The smallest absolute Gasteiger partial charge is 0.389 e. The van der Waals surface area contributed by atoms with Gasteiger partial charge >= 0.3 is 6.18 Å². The molecule has 0 aliphatic rings. The van der Waals surface area contributed by atoms with Crippen molar-refractivity contribution in [1.29, 1.82) is 0 Å². The van der Waals surface area contributed by atoms with Gasteiger partial charge in [0.05, 0.1) is 23.1 Å². The van der Waals surface area contributed by atoms with Crippen molar-refractivity contribution in [3.8, 4) is 11.4 Å². The third-order valence-corrected chi connectivity index (χ3v) is 4.65. The molecule has 0 saturated heterocycles. The first-order valence-corrected chi connectivity index (χ1v) is 9.42. The average Bonchev–Trinajstić information content (AvgIpc) is 3.14. The van der Waals surface area contributed by atoms with E-state index in [1.54, 1.807) is 42.6 Å². The summed E-state index contributed by atoms with van der Waals surface area (Å²) in [5.41, 5.74) is 2.02. The van der Waals surface area contributed by atoms with Gasteiger partial charge in [0.1, 0.15) is 24.0 Å². The summed E-state index contributed by atoms with van der Waals surface area (Å²) in [5.74, 6) is 0.261. The lowest BCUT2D eigenvalue weighted by Crippen LogP contribution is -2.16. The van der Waals surface area contributed by atoms with Gasteiger partial charge in [-0.3, -0.25) is 9.36 Å². The number of aromatic nitrogens is 3. The number of H-pyrrole nitrogens is 1. The van der Waals surface area contributed by atoms with Crippen LogP contribution in [-0.2, 0) is 13.0 Å². The number of hydrogen-bond donors (Lipinski definition) is 1. The first-order valence-electron chi connectivity index (χ1n) is 9.42. The number of aromatic amines is 1. The van der Waals surface area contributed by atoms with E-state index in [-0.39, 0.29) is 30.2 Å². The molecule has 9 heteroatoms. The molecule has 0 fully saturated rings. The number of ether oxygens (including phenoxy) is 1. The van der Waals surface area contributed by atoms with Crippen molar-refractivity contribution in [3.05, 3.63) is 88.4 Å². The predicted molar refractivity (Wildman–Crippen MR) is 107 cm³/mol. The van der Waals surface area contributed by atoms with E-state index in [2.05, 4.69) is 9.97 Å². The van der Waals surface area contributed by atoms with E-state index in [0.717, 1.165) is 5.56 Å². The Kier molecular flexibility index (Phi) is 5.50. The third-order valence-electron chi connectivity index (χ3n) is 4.65. The summed E-state index contributed by atoms with van der Waals surface area (Å²) >= 11 is 0. The van der Waals surface area contributed by atoms with Gasteiger partial charge in [0.2, 0.25) is 0 Å². The van der Waals surface area contributed by atoms with Crippen LogP contribution in [0, 0.1) is 5.82 Å². The number of benzene rings is 2. The molecule has 0 bridgehead atoms. The van der Waals surface area contributed by atoms with Gasteiger partial charge in [-0.25, -0.2) is 9.37 Å². The summed E-state index contributed by atoms with van der Waals surface area (Å²) in [6.45, 7) is 0.185. The second-order valence-electron chi connectivity index (χ2n) is 6.99. The fourth-order valence-corrected chi connectivity index (χ4v) is 3.09. The number of rotatable bonds is 6. The van der Waals surface area contributed by atoms with Crippen molar-refractivity contribution in [2.75, 3.05) is 0 Å². The zero-order valence-corrected chi connectivity index (χ0v) is 16.1. The molecule has 160 valence electrons. The van der Waals surface area contributed by atoms with Gasteiger partial charge in [-0.15, -0.1) is 0 Å². The highest BCUT2D eigenvalue weighted by Gasteiger charge is 2.27. The average molecular weight is 431 g/mol. The Hall–Kier alpha value is -3.62. The van der Waals surface area contributed by atoms with Gasteiger partial charge in [-0.05, 0) is 42.0 Å². The Morgan fingerprint density at radius 3 is 2.52 bits per heavy atom. The maximum atomic E-state index is 13.0. The van der Waals surface area contributed by atoms with Crippen LogP contribution in [0.4, 0.5) is 17.6 Å². The molecule has 4 rings (SSSR count). The van der Waals surface area contributed by atoms with E-state index in [1.165, 1.54) is 22.8 Å². The zero-order chi connectivity index (χ0) is 22.0. The van der Waals surface area contributed by atoms with Gasteiger partial charge in [0.25, 0.3) is 5.56 Å². The first kappa shape index (κ1) is 20.6. The molecule has 4 aromatic rings. The van der Waals surface area contributed by atoms with E-state index in [1.807, 2.05) is 0 Å². The van der Waals surface area contributed by atoms with Gasteiger partial charge in [-0.2, -0.15) is 13.2 Å². The largest absolute Gasteiger partial charge is 0.489 e. The summed E-state index contributed by atoms with van der Waals surface area (Å²) in [6.07, 6.45) is -3.91. The van der Waals surface area contributed by atoms with Crippen LogP contribution in [0.25, 0.3) is 16.7 Å². The molecule has 2 aromatic heterocycles. The molecule has 31 heavy (non-hydrogen) atoms. The van der Waals surface area contributed by atoms with Crippen LogP contribution in [0.1, 0.15) is 17.8 Å². The van der Waals surface area contributed by atoms with Crippen molar-refractivity contribution in [2.24, 2.45) is 0 Å². The van der Waals surface area contributed by atoms with Crippen LogP contribution < -0.4 is 10.3 Å². The summed E-state index contributed by atoms with van der Waals surface area (Å²) in [5, 5.41) is 0. The van der Waals surface area contributed by atoms with E-state index in [9.17, 15) is 22.4 Å². The molecule has 0 saturated carbocycles. The predicted octanol–water partition coefficient (Wildman–Crippen LogP) is 4.93. The lowest BCUT2D eigenvalue weighted by Gasteiger charge is -2.09. The summed E-state index contributed by atoms with van der Waals surface area (Å²) in [7, 11) is 0. The molecule has 0 radical (unpaired) electrons. The molecule has 0 aliphatic carbocycles. The van der Waals surface area contributed by atoms with Crippen molar-refractivity contribution in [3.63, 3.8) is 0 Å². The zero-order valence-electron chi connectivity index (χ0n) is 16.1. The van der Waals surface area contributed by atoms with Crippen LogP contribution >= 0.6 is 0 Å². The third kappa shape index (κ3) is 5.11. The summed E-state index contributed by atoms with van der Waals surface area (Å²) in [4.78, 5) is 19.6. The molecular weight excluding hydrogens is 414 g/mol. The maximum Gasteiger partial charge on any atom is 0.389 e. The Balaban J connectivity index is 1.50. The van der Waals surface area contributed by atoms with E-state index < -0.39 is 12.6 Å². The Morgan fingerprint density at radius 2 is 1.81 bits per heavy atom. The molecule has 0 amide bonds. The minimum atomic E-state index is -4.25. The normalized spacial score (nSPS) is 11.7. The second kappa shape index (κ2) is 8.25. The van der Waals surface area contributed by atoms with Gasteiger partial charge in [-0.1, -0.05) is 12.1 Å². The van der Waals surface area contributed by atoms with Crippen LogP contribution in [0.3, 0.4) is 0 Å². The van der Waals surface area contributed by atoms with Crippen molar-refractivity contribution in [1.82, 2.24) is 14.5 Å². The summed E-state index contributed by atoms with van der Waals surface area (Å²) in [6, 6.07) is 13.8. The number of hydrogen-bond acceptors (Lipinski definition) is 3. The Labute approximate surface area is 173 Å².